The SMILES string of the molecule is COc1cc(OC)c(OC)cc1/C=C1\CC(C(C)(C)C)CC2=C1OC(N)=C(C#N)C2c1cc(OC)c(OC)cc1OC. The van der Waals surface area contributed by atoms with Gasteiger partial charge in [0.15, 0.2) is 23.0 Å². The Kier molecular flexibility index (Phi) is 8.86. The Balaban J connectivity index is 2.02. The van der Waals surface area contributed by atoms with Crippen LogP contribution in [0.15, 0.2) is 52.6 Å². The average molecular weight is 577 g/mol. The lowest BCUT2D eigenvalue weighted by atomic mass is 9.66. The average Bonchev–Trinajstić information content (AvgIpc) is 2.98. The Morgan fingerprint density at radius 3 is 1.83 bits per heavy atom. The molecule has 0 aromatic heterocycles. The predicted octanol–water partition coefficient (Wildman–Crippen LogP) is 6.34. The molecular formula is C33H40N2O7. The molecule has 2 aliphatic rings. The summed E-state index contributed by atoms with van der Waals surface area (Å²) in [6.07, 6.45) is 3.46. The van der Waals surface area contributed by atoms with Crippen molar-refractivity contribution in [1.29, 1.82) is 5.26 Å². The minimum Gasteiger partial charge on any atom is -0.496 e. The van der Waals surface area contributed by atoms with E-state index in [1.54, 1.807) is 54.8 Å². The van der Waals surface area contributed by atoms with Crippen molar-refractivity contribution in [2.75, 3.05) is 42.7 Å². The second-order valence-electron chi connectivity index (χ2n) is 11.3. The second-order valence-corrected chi connectivity index (χ2v) is 11.3. The fourth-order valence-corrected chi connectivity index (χ4v) is 5.69. The van der Waals surface area contributed by atoms with Gasteiger partial charge >= 0.3 is 0 Å². The van der Waals surface area contributed by atoms with Crippen LogP contribution < -0.4 is 34.2 Å². The highest BCUT2D eigenvalue weighted by atomic mass is 16.5. The minimum absolute atomic E-state index is 0.0505. The molecule has 2 aromatic rings. The van der Waals surface area contributed by atoms with Crippen molar-refractivity contribution in [3.63, 3.8) is 0 Å². The van der Waals surface area contributed by atoms with Gasteiger partial charge in [0, 0.05) is 23.3 Å². The molecule has 2 unspecified atom stereocenters. The molecule has 42 heavy (non-hydrogen) atoms. The fraction of sp³-hybridized carbons (Fsp3) is 0.424. The number of nitriles is 1. The summed E-state index contributed by atoms with van der Waals surface area (Å²) in [5.74, 6) is 3.76. The first-order chi connectivity index (χ1) is 20.0. The van der Waals surface area contributed by atoms with E-state index in [-0.39, 0.29) is 17.2 Å². The summed E-state index contributed by atoms with van der Waals surface area (Å²) in [4.78, 5) is 0. The predicted molar refractivity (Wildman–Crippen MR) is 160 cm³/mol. The molecular weight excluding hydrogens is 536 g/mol. The fourth-order valence-electron chi connectivity index (χ4n) is 5.69. The highest BCUT2D eigenvalue weighted by Gasteiger charge is 2.42. The van der Waals surface area contributed by atoms with Gasteiger partial charge in [0.1, 0.15) is 28.9 Å². The number of hydrogen-bond acceptors (Lipinski definition) is 9. The molecule has 2 atom stereocenters. The van der Waals surface area contributed by atoms with Gasteiger partial charge in [0.2, 0.25) is 5.88 Å². The van der Waals surface area contributed by atoms with E-state index in [1.165, 1.54) is 0 Å². The van der Waals surface area contributed by atoms with Crippen molar-refractivity contribution in [2.24, 2.45) is 17.1 Å². The summed E-state index contributed by atoms with van der Waals surface area (Å²) in [7, 11) is 9.53. The van der Waals surface area contributed by atoms with E-state index in [9.17, 15) is 5.26 Å². The Hall–Kier alpha value is -4.45. The van der Waals surface area contributed by atoms with E-state index in [4.69, 9.17) is 38.9 Å². The first-order valence-electron chi connectivity index (χ1n) is 13.7. The Bertz CT molecular complexity index is 1490. The highest BCUT2D eigenvalue weighted by molar-refractivity contribution is 5.69. The minimum atomic E-state index is -0.519. The van der Waals surface area contributed by atoms with Gasteiger partial charge in [-0.1, -0.05) is 20.8 Å². The summed E-state index contributed by atoms with van der Waals surface area (Å²) in [6, 6.07) is 9.61. The van der Waals surface area contributed by atoms with Crippen LogP contribution in [0.4, 0.5) is 0 Å². The van der Waals surface area contributed by atoms with E-state index in [1.807, 2.05) is 18.2 Å². The summed E-state index contributed by atoms with van der Waals surface area (Å²) in [5, 5.41) is 10.3. The van der Waals surface area contributed by atoms with Gasteiger partial charge in [-0.05, 0) is 53.5 Å². The molecule has 2 aromatic carbocycles. The standard InChI is InChI=1S/C33H40N2O7/c1-33(2,3)20-11-19(10-18-12-26(38-6)28(40-8)15-24(18)36-4)31-22(13-20)30(23(17-34)32(35)42-31)21-14-27(39-7)29(41-9)16-25(21)37-5/h10,12,14-16,20,30H,11,13,35H2,1-9H3/b19-10+. The number of nitrogens with zero attached hydrogens (tertiary/aromatic N) is 1. The molecule has 1 aliphatic heterocycles. The molecule has 0 radical (unpaired) electrons. The third kappa shape index (κ3) is 5.54. The van der Waals surface area contributed by atoms with E-state index >= 15 is 0 Å². The summed E-state index contributed by atoms with van der Waals surface area (Å²) < 4.78 is 40.1. The van der Waals surface area contributed by atoms with Crippen LogP contribution in [0.3, 0.4) is 0 Å². The van der Waals surface area contributed by atoms with Crippen molar-refractivity contribution in [3.05, 3.63) is 63.8 Å². The van der Waals surface area contributed by atoms with Gasteiger partial charge in [-0.25, -0.2) is 0 Å². The van der Waals surface area contributed by atoms with Crippen molar-refractivity contribution in [2.45, 2.75) is 39.5 Å². The number of hydrogen-bond donors (Lipinski definition) is 1. The molecule has 0 bridgehead atoms. The normalized spacial score (nSPS) is 19.5. The monoisotopic (exact) mass is 576 g/mol. The number of rotatable bonds is 8. The molecule has 0 spiro atoms. The van der Waals surface area contributed by atoms with Crippen LogP contribution in [0, 0.1) is 22.7 Å². The number of ether oxygens (including phenoxy) is 7. The van der Waals surface area contributed by atoms with E-state index in [0.29, 0.717) is 52.3 Å². The van der Waals surface area contributed by atoms with Gasteiger partial charge < -0.3 is 38.9 Å². The number of nitrogens with two attached hydrogens (primary N) is 1. The second kappa shape index (κ2) is 12.2. The van der Waals surface area contributed by atoms with Gasteiger partial charge in [0.05, 0.1) is 48.6 Å². The first-order valence-corrected chi connectivity index (χ1v) is 13.7. The Labute approximate surface area is 248 Å². The van der Waals surface area contributed by atoms with Crippen LogP contribution in [0.5, 0.6) is 34.5 Å². The van der Waals surface area contributed by atoms with Crippen LogP contribution in [0.2, 0.25) is 0 Å². The zero-order chi connectivity index (χ0) is 30.8. The van der Waals surface area contributed by atoms with Crippen molar-refractivity contribution in [1.82, 2.24) is 0 Å². The molecule has 1 heterocycles. The largest absolute Gasteiger partial charge is 0.496 e. The Morgan fingerprint density at radius 1 is 0.786 bits per heavy atom. The van der Waals surface area contributed by atoms with Gasteiger partial charge in [-0.15, -0.1) is 0 Å². The van der Waals surface area contributed by atoms with Crippen LogP contribution in [-0.2, 0) is 4.74 Å². The van der Waals surface area contributed by atoms with Crippen molar-refractivity contribution >= 4 is 6.08 Å². The maximum atomic E-state index is 10.3. The van der Waals surface area contributed by atoms with Crippen LogP contribution in [0.1, 0.15) is 50.7 Å². The third-order valence-corrected chi connectivity index (χ3v) is 8.09. The topological polar surface area (TPSA) is 114 Å². The number of methoxy groups -OCH3 is 6. The molecule has 0 saturated carbocycles. The van der Waals surface area contributed by atoms with Gasteiger partial charge in [-0.3, -0.25) is 0 Å². The molecule has 0 fully saturated rings. The highest BCUT2D eigenvalue weighted by Crippen LogP contribution is 2.54. The summed E-state index contributed by atoms with van der Waals surface area (Å²) in [5.41, 5.74) is 10.2. The zero-order valence-corrected chi connectivity index (χ0v) is 25.8. The molecule has 9 nitrogen and oxygen atoms in total. The summed E-state index contributed by atoms with van der Waals surface area (Å²) in [6.45, 7) is 6.68. The maximum Gasteiger partial charge on any atom is 0.205 e. The molecule has 0 saturated heterocycles. The smallest absolute Gasteiger partial charge is 0.205 e. The van der Waals surface area contributed by atoms with Crippen molar-refractivity contribution < 1.29 is 33.2 Å². The number of allylic oxidation sites excluding steroid dienone is 3. The molecule has 0 amide bonds. The van der Waals surface area contributed by atoms with Crippen LogP contribution in [0.25, 0.3) is 6.08 Å². The van der Waals surface area contributed by atoms with E-state index in [0.717, 1.165) is 28.7 Å². The lowest BCUT2D eigenvalue weighted by molar-refractivity contribution is 0.200. The van der Waals surface area contributed by atoms with E-state index in [2.05, 4.69) is 26.8 Å². The number of benzene rings is 2. The lowest BCUT2D eigenvalue weighted by Gasteiger charge is -2.41. The van der Waals surface area contributed by atoms with Gasteiger partial charge in [-0.2, -0.15) is 5.26 Å². The molecule has 2 N–H and O–H groups in total. The zero-order valence-electron chi connectivity index (χ0n) is 25.8. The molecule has 224 valence electrons. The van der Waals surface area contributed by atoms with Crippen LogP contribution >= 0.6 is 0 Å². The summed E-state index contributed by atoms with van der Waals surface area (Å²) >= 11 is 0. The molecule has 1 aliphatic carbocycles. The van der Waals surface area contributed by atoms with Crippen molar-refractivity contribution in [3.8, 4) is 40.6 Å². The maximum absolute atomic E-state index is 10.3. The molecule has 4 rings (SSSR count). The molecule has 9 heteroatoms. The quantitative estimate of drug-likeness (QED) is 0.384. The first kappa shape index (κ1) is 30.5. The Morgan fingerprint density at radius 2 is 1.31 bits per heavy atom. The lowest BCUT2D eigenvalue weighted by Crippen LogP contribution is -2.31. The van der Waals surface area contributed by atoms with Crippen LogP contribution in [-0.4, -0.2) is 42.7 Å². The van der Waals surface area contributed by atoms with E-state index < -0.39 is 5.92 Å². The van der Waals surface area contributed by atoms with Gasteiger partial charge in [0.25, 0.3) is 0 Å². The third-order valence-electron chi connectivity index (χ3n) is 8.09.